The maximum Gasteiger partial charge on any atom is 0.250 e. The molecule has 0 aliphatic carbocycles. The first kappa shape index (κ1) is 13.1. The molecule has 2 aromatic heterocycles. The molecule has 0 saturated carbocycles. The monoisotopic (exact) mass is 286 g/mol. The molecule has 3 N–H and O–H groups in total. The largest absolute Gasteiger partial charge is 0.384 e. The number of aromatic nitrogens is 2. The first-order valence-corrected chi connectivity index (χ1v) is 7.52. The van der Waals surface area contributed by atoms with Crippen LogP contribution >= 0.6 is 11.3 Å². The van der Waals surface area contributed by atoms with Crippen LogP contribution in [0.5, 0.6) is 0 Å². The average Bonchev–Trinajstić information content (AvgIpc) is 2.86. The third kappa shape index (κ3) is 2.55. The smallest absolute Gasteiger partial charge is 0.250 e. The summed E-state index contributed by atoms with van der Waals surface area (Å²) in [6, 6.07) is 3.37. The molecule has 2 aromatic rings. The van der Waals surface area contributed by atoms with E-state index in [9.17, 15) is 8.42 Å². The zero-order valence-electron chi connectivity index (χ0n) is 10.0. The summed E-state index contributed by atoms with van der Waals surface area (Å²) in [6.07, 6.45) is 1.55. The Balaban J connectivity index is 2.13. The highest BCUT2D eigenvalue weighted by molar-refractivity contribution is 7.91. The van der Waals surface area contributed by atoms with Gasteiger partial charge in [-0.3, -0.25) is 4.68 Å². The lowest BCUT2D eigenvalue weighted by molar-refractivity contribution is 0.583. The zero-order valence-corrected chi connectivity index (χ0v) is 11.7. The molecule has 0 aliphatic heterocycles. The Bertz CT molecular complexity index is 657. The van der Waals surface area contributed by atoms with Crippen molar-refractivity contribution < 1.29 is 8.42 Å². The van der Waals surface area contributed by atoms with E-state index in [1.165, 1.54) is 16.0 Å². The number of anilines is 1. The van der Waals surface area contributed by atoms with Crippen molar-refractivity contribution in [2.75, 3.05) is 5.73 Å². The second-order valence-electron chi connectivity index (χ2n) is 3.87. The van der Waals surface area contributed by atoms with E-state index in [0.29, 0.717) is 15.6 Å². The van der Waals surface area contributed by atoms with Gasteiger partial charge in [0.2, 0.25) is 10.0 Å². The second kappa shape index (κ2) is 4.71. The fourth-order valence-electron chi connectivity index (χ4n) is 1.43. The van der Waals surface area contributed by atoms with Crippen molar-refractivity contribution in [2.45, 2.75) is 17.7 Å². The molecule has 8 heteroatoms. The van der Waals surface area contributed by atoms with E-state index >= 15 is 0 Å². The van der Waals surface area contributed by atoms with E-state index in [1.54, 1.807) is 25.4 Å². The van der Waals surface area contributed by atoms with Gasteiger partial charge in [-0.25, -0.2) is 13.1 Å². The minimum atomic E-state index is -3.47. The molecule has 0 amide bonds. The predicted octanol–water partition coefficient (Wildman–Crippen LogP) is 0.851. The molecule has 0 bridgehead atoms. The van der Waals surface area contributed by atoms with E-state index in [1.807, 2.05) is 6.92 Å². The number of hydrogen-bond donors (Lipinski definition) is 2. The van der Waals surface area contributed by atoms with Crippen molar-refractivity contribution in [3.8, 4) is 0 Å². The zero-order chi connectivity index (χ0) is 13.3. The molecule has 0 atom stereocenters. The summed E-state index contributed by atoms with van der Waals surface area (Å²) in [6.45, 7) is 2.00. The van der Waals surface area contributed by atoms with Gasteiger partial charge in [-0.15, -0.1) is 11.3 Å². The molecule has 0 aliphatic rings. The number of hydrogen-bond acceptors (Lipinski definition) is 5. The fourth-order valence-corrected chi connectivity index (χ4v) is 3.76. The highest BCUT2D eigenvalue weighted by Crippen LogP contribution is 2.20. The number of nitrogens with one attached hydrogen (secondary N) is 1. The van der Waals surface area contributed by atoms with Crippen molar-refractivity contribution >= 4 is 27.2 Å². The van der Waals surface area contributed by atoms with E-state index in [-0.39, 0.29) is 6.54 Å². The Morgan fingerprint density at radius 2 is 2.22 bits per heavy atom. The number of aryl methyl sites for hydroxylation is 2. The van der Waals surface area contributed by atoms with Gasteiger partial charge in [-0.1, -0.05) is 0 Å². The van der Waals surface area contributed by atoms with Crippen LogP contribution < -0.4 is 10.5 Å². The van der Waals surface area contributed by atoms with Gasteiger partial charge in [0.1, 0.15) is 10.0 Å². The van der Waals surface area contributed by atoms with Crippen LogP contribution in [-0.4, -0.2) is 18.2 Å². The summed E-state index contributed by atoms with van der Waals surface area (Å²) >= 11 is 1.24. The summed E-state index contributed by atoms with van der Waals surface area (Å²) in [5.41, 5.74) is 6.40. The lowest BCUT2D eigenvalue weighted by Gasteiger charge is -2.04. The molecule has 0 spiro atoms. The first-order chi connectivity index (χ1) is 8.40. The molecule has 2 rings (SSSR count). The van der Waals surface area contributed by atoms with Gasteiger partial charge in [0.15, 0.2) is 0 Å². The van der Waals surface area contributed by atoms with Crippen molar-refractivity contribution in [2.24, 2.45) is 7.05 Å². The Morgan fingerprint density at radius 1 is 1.50 bits per heavy atom. The Labute approximate surface area is 109 Å². The predicted molar refractivity (Wildman–Crippen MR) is 70.7 cm³/mol. The first-order valence-electron chi connectivity index (χ1n) is 5.22. The summed E-state index contributed by atoms with van der Waals surface area (Å²) in [4.78, 5) is 0.955. The topological polar surface area (TPSA) is 90.0 Å². The van der Waals surface area contributed by atoms with Crippen LogP contribution in [-0.2, 0) is 23.6 Å². The van der Waals surface area contributed by atoms with Crippen LogP contribution in [0.1, 0.15) is 10.4 Å². The number of nitrogens with zero attached hydrogens (tertiary/aromatic N) is 2. The lowest BCUT2D eigenvalue weighted by atomic mass is 10.3. The fraction of sp³-hybridized carbons (Fsp3) is 0.300. The van der Waals surface area contributed by atoms with Crippen LogP contribution in [0.15, 0.2) is 22.5 Å². The summed E-state index contributed by atoms with van der Waals surface area (Å²) < 4.78 is 28.3. The molecule has 98 valence electrons. The van der Waals surface area contributed by atoms with Crippen molar-refractivity contribution in [3.63, 3.8) is 0 Å². The van der Waals surface area contributed by atoms with Gasteiger partial charge in [-0.05, 0) is 19.1 Å². The number of nitrogens with two attached hydrogens (primary N) is 1. The van der Waals surface area contributed by atoms with Gasteiger partial charge in [0.25, 0.3) is 0 Å². The van der Waals surface area contributed by atoms with Crippen LogP contribution in [0.25, 0.3) is 0 Å². The van der Waals surface area contributed by atoms with Crippen molar-refractivity contribution in [3.05, 3.63) is 28.8 Å². The van der Waals surface area contributed by atoms with Gasteiger partial charge >= 0.3 is 0 Å². The minimum Gasteiger partial charge on any atom is -0.384 e. The molecule has 0 radical (unpaired) electrons. The Hall–Kier alpha value is -1.38. The Kier molecular flexibility index (Phi) is 3.42. The second-order valence-corrected chi connectivity index (χ2v) is 7.15. The van der Waals surface area contributed by atoms with Gasteiger partial charge in [0, 0.05) is 24.0 Å². The summed E-state index contributed by atoms with van der Waals surface area (Å²) in [7, 11) is -1.76. The van der Waals surface area contributed by atoms with Crippen LogP contribution in [0.2, 0.25) is 0 Å². The van der Waals surface area contributed by atoms with Gasteiger partial charge in [0.05, 0.1) is 6.20 Å². The van der Waals surface area contributed by atoms with E-state index in [4.69, 9.17) is 5.73 Å². The minimum absolute atomic E-state index is 0.138. The molecule has 0 unspecified atom stereocenters. The van der Waals surface area contributed by atoms with E-state index in [0.717, 1.165) is 4.88 Å². The molecule has 0 aromatic carbocycles. The quantitative estimate of drug-likeness (QED) is 0.872. The standard InChI is InChI=1S/C10H14N4O2S2/c1-7-3-4-9(17-7)18(15,16)13-6-8-5-12-14(2)10(8)11/h3-5,13H,6,11H2,1-2H3. The Morgan fingerprint density at radius 3 is 2.72 bits per heavy atom. The van der Waals surface area contributed by atoms with E-state index < -0.39 is 10.0 Å². The van der Waals surface area contributed by atoms with Crippen molar-refractivity contribution in [1.29, 1.82) is 0 Å². The molecule has 6 nitrogen and oxygen atoms in total. The van der Waals surface area contributed by atoms with Gasteiger partial charge < -0.3 is 5.73 Å². The number of sulfonamides is 1. The highest BCUT2D eigenvalue weighted by Gasteiger charge is 2.16. The molecular weight excluding hydrogens is 272 g/mol. The normalized spacial score (nSPS) is 11.9. The lowest BCUT2D eigenvalue weighted by Crippen LogP contribution is -2.22. The van der Waals surface area contributed by atoms with E-state index in [2.05, 4.69) is 9.82 Å². The van der Waals surface area contributed by atoms with Gasteiger partial charge in [-0.2, -0.15) is 5.10 Å². The number of thiophene rings is 1. The van der Waals surface area contributed by atoms with Crippen LogP contribution in [0.4, 0.5) is 5.82 Å². The molecule has 0 saturated heterocycles. The summed E-state index contributed by atoms with van der Waals surface area (Å²) in [5, 5.41) is 3.95. The SMILES string of the molecule is Cc1ccc(S(=O)(=O)NCc2cnn(C)c2N)s1. The number of rotatable bonds is 4. The molecular formula is C10H14N4O2S2. The highest BCUT2D eigenvalue weighted by atomic mass is 32.2. The third-order valence-corrected chi connectivity index (χ3v) is 5.39. The third-order valence-electron chi connectivity index (χ3n) is 2.50. The van der Waals surface area contributed by atoms with Crippen LogP contribution in [0.3, 0.4) is 0 Å². The molecule has 0 fully saturated rings. The van der Waals surface area contributed by atoms with Crippen LogP contribution in [0, 0.1) is 6.92 Å². The average molecular weight is 286 g/mol. The molecule has 2 heterocycles. The maximum absolute atomic E-state index is 12.0. The maximum atomic E-state index is 12.0. The number of nitrogen functional groups attached to an aromatic ring is 1. The van der Waals surface area contributed by atoms with Crippen molar-refractivity contribution in [1.82, 2.24) is 14.5 Å². The summed E-state index contributed by atoms with van der Waals surface area (Å²) in [5.74, 6) is 0.458. The molecule has 18 heavy (non-hydrogen) atoms.